The van der Waals surface area contributed by atoms with Crippen LogP contribution >= 0.6 is 0 Å². The molecule has 0 aliphatic heterocycles. The SMILES string of the molecule is Cc1nccn1Cn1cc(C=O)cn1. The van der Waals surface area contributed by atoms with E-state index in [4.69, 9.17) is 0 Å². The molecule has 0 atom stereocenters. The van der Waals surface area contributed by atoms with Crippen molar-refractivity contribution in [1.29, 1.82) is 0 Å². The zero-order chi connectivity index (χ0) is 9.97. The first kappa shape index (κ1) is 8.68. The highest BCUT2D eigenvalue weighted by Crippen LogP contribution is 1.98. The predicted molar refractivity (Wildman–Crippen MR) is 50.0 cm³/mol. The van der Waals surface area contributed by atoms with E-state index in [0.29, 0.717) is 12.2 Å². The van der Waals surface area contributed by atoms with E-state index in [-0.39, 0.29) is 0 Å². The Morgan fingerprint density at radius 3 is 3.00 bits per heavy atom. The van der Waals surface area contributed by atoms with E-state index in [9.17, 15) is 4.79 Å². The Kier molecular flexibility index (Phi) is 2.14. The molecule has 2 rings (SSSR count). The van der Waals surface area contributed by atoms with Crippen molar-refractivity contribution in [3.63, 3.8) is 0 Å². The Labute approximate surface area is 81.0 Å². The number of rotatable bonds is 3. The molecule has 0 fully saturated rings. The van der Waals surface area contributed by atoms with Crippen LogP contribution in [0.1, 0.15) is 16.2 Å². The van der Waals surface area contributed by atoms with Crippen molar-refractivity contribution >= 4 is 6.29 Å². The molecule has 2 aromatic heterocycles. The van der Waals surface area contributed by atoms with Crippen LogP contribution in [0.3, 0.4) is 0 Å². The summed E-state index contributed by atoms with van der Waals surface area (Å²) in [6.45, 7) is 2.50. The minimum atomic E-state index is 0.583. The molecule has 0 aliphatic carbocycles. The quantitative estimate of drug-likeness (QED) is 0.669. The van der Waals surface area contributed by atoms with Crippen LogP contribution in [0.2, 0.25) is 0 Å². The van der Waals surface area contributed by atoms with Crippen LogP contribution in [-0.4, -0.2) is 25.6 Å². The van der Waals surface area contributed by atoms with Gasteiger partial charge in [-0.1, -0.05) is 0 Å². The molecule has 2 aromatic rings. The van der Waals surface area contributed by atoms with Crippen LogP contribution in [0, 0.1) is 6.92 Å². The molecule has 5 heteroatoms. The van der Waals surface area contributed by atoms with Gasteiger partial charge in [0.15, 0.2) is 6.29 Å². The number of aldehydes is 1. The van der Waals surface area contributed by atoms with Gasteiger partial charge in [-0.25, -0.2) is 4.98 Å². The van der Waals surface area contributed by atoms with Crippen molar-refractivity contribution in [3.8, 4) is 0 Å². The second kappa shape index (κ2) is 3.45. The molecule has 5 nitrogen and oxygen atoms in total. The molecule has 14 heavy (non-hydrogen) atoms. The lowest BCUT2D eigenvalue weighted by Crippen LogP contribution is -2.08. The number of aromatic nitrogens is 4. The molecule has 0 aliphatic rings. The zero-order valence-corrected chi connectivity index (χ0v) is 7.79. The number of carbonyl (C=O) groups is 1. The van der Waals surface area contributed by atoms with Crippen molar-refractivity contribution in [1.82, 2.24) is 19.3 Å². The van der Waals surface area contributed by atoms with Gasteiger partial charge in [0.1, 0.15) is 12.5 Å². The highest BCUT2D eigenvalue weighted by molar-refractivity contribution is 5.73. The number of nitrogens with zero attached hydrogens (tertiary/aromatic N) is 4. The Bertz CT molecular complexity index is 443. The number of imidazole rings is 1. The van der Waals surface area contributed by atoms with Gasteiger partial charge in [-0.15, -0.1) is 0 Å². The number of carbonyl (C=O) groups excluding carboxylic acids is 1. The van der Waals surface area contributed by atoms with Crippen molar-refractivity contribution in [2.45, 2.75) is 13.6 Å². The summed E-state index contributed by atoms with van der Waals surface area (Å²) in [5.74, 6) is 0.924. The summed E-state index contributed by atoms with van der Waals surface area (Å²) in [4.78, 5) is 14.5. The summed E-state index contributed by atoms with van der Waals surface area (Å²) in [7, 11) is 0. The third kappa shape index (κ3) is 1.56. The summed E-state index contributed by atoms with van der Waals surface area (Å²) in [5.41, 5.74) is 0.586. The Hall–Kier alpha value is -1.91. The van der Waals surface area contributed by atoms with E-state index in [2.05, 4.69) is 10.1 Å². The van der Waals surface area contributed by atoms with Gasteiger partial charge < -0.3 is 4.57 Å². The lowest BCUT2D eigenvalue weighted by atomic mass is 10.4. The lowest BCUT2D eigenvalue weighted by Gasteiger charge is -2.03. The number of aryl methyl sites for hydroxylation is 1. The predicted octanol–water partition coefficient (Wildman–Crippen LogP) is 0.706. The average Bonchev–Trinajstić information content (AvgIpc) is 2.77. The van der Waals surface area contributed by atoms with Gasteiger partial charge in [0.25, 0.3) is 0 Å². The van der Waals surface area contributed by atoms with E-state index < -0.39 is 0 Å². The van der Waals surface area contributed by atoms with Gasteiger partial charge in [-0.3, -0.25) is 9.48 Å². The van der Waals surface area contributed by atoms with E-state index >= 15 is 0 Å². The summed E-state index contributed by atoms with van der Waals surface area (Å²) in [6.07, 6.45) is 7.63. The van der Waals surface area contributed by atoms with Crippen LogP contribution in [-0.2, 0) is 6.67 Å². The number of hydrogen-bond acceptors (Lipinski definition) is 3. The van der Waals surface area contributed by atoms with E-state index in [1.165, 1.54) is 0 Å². The van der Waals surface area contributed by atoms with Crippen LogP contribution in [0.5, 0.6) is 0 Å². The van der Waals surface area contributed by atoms with E-state index in [1.54, 1.807) is 23.3 Å². The molecule has 0 unspecified atom stereocenters. The van der Waals surface area contributed by atoms with Crippen molar-refractivity contribution < 1.29 is 4.79 Å². The van der Waals surface area contributed by atoms with Crippen LogP contribution in [0.4, 0.5) is 0 Å². The molecule has 0 N–H and O–H groups in total. The fraction of sp³-hybridized carbons (Fsp3) is 0.222. The van der Waals surface area contributed by atoms with Crippen LogP contribution in [0.15, 0.2) is 24.8 Å². The molecular formula is C9H10N4O. The molecular weight excluding hydrogens is 180 g/mol. The molecule has 0 spiro atoms. The van der Waals surface area contributed by atoms with Crippen LogP contribution < -0.4 is 0 Å². The normalized spacial score (nSPS) is 10.4. The van der Waals surface area contributed by atoms with Gasteiger partial charge >= 0.3 is 0 Å². The van der Waals surface area contributed by atoms with E-state index in [0.717, 1.165) is 12.1 Å². The molecule has 0 amide bonds. The first-order valence-electron chi connectivity index (χ1n) is 4.25. The molecule has 0 aromatic carbocycles. The minimum Gasteiger partial charge on any atom is -0.315 e. The molecule has 0 bridgehead atoms. The fourth-order valence-electron chi connectivity index (χ4n) is 1.23. The Balaban J connectivity index is 2.18. The van der Waals surface area contributed by atoms with Gasteiger partial charge in [-0.2, -0.15) is 5.10 Å². The zero-order valence-electron chi connectivity index (χ0n) is 7.79. The van der Waals surface area contributed by atoms with Crippen molar-refractivity contribution in [3.05, 3.63) is 36.2 Å². The summed E-state index contributed by atoms with van der Waals surface area (Å²) in [5, 5.41) is 4.04. The first-order valence-corrected chi connectivity index (χ1v) is 4.25. The van der Waals surface area contributed by atoms with E-state index in [1.807, 2.05) is 17.7 Å². The maximum atomic E-state index is 10.4. The summed E-state index contributed by atoms with van der Waals surface area (Å²) < 4.78 is 3.64. The lowest BCUT2D eigenvalue weighted by molar-refractivity contribution is 0.112. The maximum Gasteiger partial charge on any atom is 0.153 e. The monoisotopic (exact) mass is 190 g/mol. The van der Waals surface area contributed by atoms with Gasteiger partial charge in [-0.05, 0) is 6.92 Å². The van der Waals surface area contributed by atoms with Crippen molar-refractivity contribution in [2.75, 3.05) is 0 Å². The first-order chi connectivity index (χ1) is 6.79. The topological polar surface area (TPSA) is 52.7 Å². The third-order valence-electron chi connectivity index (χ3n) is 2.01. The molecule has 0 saturated carbocycles. The smallest absolute Gasteiger partial charge is 0.153 e. The molecule has 0 saturated heterocycles. The fourth-order valence-corrected chi connectivity index (χ4v) is 1.23. The van der Waals surface area contributed by atoms with Crippen molar-refractivity contribution in [2.24, 2.45) is 0 Å². The van der Waals surface area contributed by atoms with Gasteiger partial charge in [0.2, 0.25) is 0 Å². The summed E-state index contributed by atoms with van der Waals surface area (Å²) >= 11 is 0. The molecule has 0 radical (unpaired) electrons. The van der Waals surface area contributed by atoms with Crippen LogP contribution in [0.25, 0.3) is 0 Å². The molecule has 2 heterocycles. The van der Waals surface area contributed by atoms with Gasteiger partial charge in [0.05, 0.1) is 11.8 Å². The largest absolute Gasteiger partial charge is 0.315 e. The van der Waals surface area contributed by atoms with Gasteiger partial charge in [0, 0.05) is 18.6 Å². The molecule has 72 valence electrons. The Morgan fingerprint density at radius 1 is 1.57 bits per heavy atom. The second-order valence-electron chi connectivity index (χ2n) is 3.02. The highest BCUT2D eigenvalue weighted by Gasteiger charge is 1.99. The Morgan fingerprint density at radius 2 is 2.43 bits per heavy atom. The number of hydrogen-bond donors (Lipinski definition) is 0. The standard InChI is InChI=1S/C9H10N4O/c1-8-10-2-3-12(8)7-13-5-9(6-14)4-11-13/h2-6H,7H2,1H3. The third-order valence-corrected chi connectivity index (χ3v) is 2.01. The highest BCUT2D eigenvalue weighted by atomic mass is 16.1. The average molecular weight is 190 g/mol. The minimum absolute atomic E-state index is 0.583. The maximum absolute atomic E-state index is 10.4. The summed E-state index contributed by atoms with van der Waals surface area (Å²) in [6, 6.07) is 0. The second-order valence-corrected chi connectivity index (χ2v) is 3.02.